The molecule has 0 radical (unpaired) electrons. The van der Waals surface area contributed by atoms with Gasteiger partial charge in [0.1, 0.15) is 11.6 Å². The lowest BCUT2D eigenvalue weighted by atomic mass is 10.2. The molecule has 0 bridgehead atoms. The SMILES string of the molecule is O=C(NCC[C@H](O)C(=O)O)c1cc(F)c(Cl)cc1F. The molecule has 0 aliphatic heterocycles. The summed E-state index contributed by atoms with van der Waals surface area (Å²) in [6.07, 6.45) is -1.88. The highest BCUT2D eigenvalue weighted by atomic mass is 35.5. The average molecular weight is 294 g/mol. The molecule has 8 heteroatoms. The zero-order chi connectivity index (χ0) is 14.6. The average Bonchev–Trinajstić information content (AvgIpc) is 2.33. The molecule has 1 rings (SSSR count). The number of aliphatic hydroxyl groups is 1. The minimum absolute atomic E-state index is 0.198. The lowest BCUT2D eigenvalue weighted by Gasteiger charge is -2.08. The van der Waals surface area contributed by atoms with Gasteiger partial charge in [-0.05, 0) is 12.1 Å². The van der Waals surface area contributed by atoms with E-state index in [9.17, 15) is 18.4 Å². The van der Waals surface area contributed by atoms with Crippen molar-refractivity contribution in [1.82, 2.24) is 5.32 Å². The van der Waals surface area contributed by atoms with Crippen LogP contribution in [0.4, 0.5) is 8.78 Å². The largest absolute Gasteiger partial charge is 0.479 e. The Morgan fingerprint density at radius 1 is 1.32 bits per heavy atom. The first kappa shape index (κ1) is 15.3. The third-order valence-electron chi connectivity index (χ3n) is 2.24. The predicted molar refractivity (Wildman–Crippen MR) is 62.0 cm³/mol. The number of carbonyl (C=O) groups excluding carboxylic acids is 1. The van der Waals surface area contributed by atoms with E-state index in [1.54, 1.807) is 0 Å². The van der Waals surface area contributed by atoms with Gasteiger partial charge in [0.05, 0.1) is 10.6 Å². The van der Waals surface area contributed by atoms with Crippen molar-refractivity contribution in [2.45, 2.75) is 12.5 Å². The third-order valence-corrected chi connectivity index (χ3v) is 2.53. The Balaban J connectivity index is 2.64. The van der Waals surface area contributed by atoms with Crippen molar-refractivity contribution in [1.29, 1.82) is 0 Å². The number of aliphatic hydroxyl groups excluding tert-OH is 1. The first-order chi connectivity index (χ1) is 8.82. The van der Waals surface area contributed by atoms with Gasteiger partial charge in [0.2, 0.25) is 0 Å². The standard InChI is InChI=1S/C11H10ClF2NO4/c12-6-4-7(13)5(3-8(6)14)10(17)15-2-1-9(16)11(18)19/h3-4,9,16H,1-2H2,(H,15,17)(H,18,19)/t9-/m0/s1. The molecule has 19 heavy (non-hydrogen) atoms. The molecule has 5 nitrogen and oxygen atoms in total. The molecule has 3 N–H and O–H groups in total. The fourth-order valence-corrected chi connectivity index (χ4v) is 1.39. The Morgan fingerprint density at radius 2 is 1.95 bits per heavy atom. The van der Waals surface area contributed by atoms with Gasteiger partial charge in [-0.2, -0.15) is 0 Å². The van der Waals surface area contributed by atoms with Gasteiger partial charge in [0.15, 0.2) is 6.10 Å². The second kappa shape index (κ2) is 6.44. The summed E-state index contributed by atoms with van der Waals surface area (Å²) in [5.41, 5.74) is -0.549. The summed E-state index contributed by atoms with van der Waals surface area (Å²) in [6, 6.07) is 1.30. The van der Waals surface area contributed by atoms with Gasteiger partial charge in [-0.25, -0.2) is 13.6 Å². The van der Waals surface area contributed by atoms with Crippen LogP contribution >= 0.6 is 11.6 Å². The Bertz CT molecular complexity index is 510. The van der Waals surface area contributed by atoms with E-state index < -0.39 is 40.2 Å². The van der Waals surface area contributed by atoms with E-state index in [1.165, 1.54) is 0 Å². The number of nitrogens with one attached hydrogen (secondary N) is 1. The van der Waals surface area contributed by atoms with Crippen molar-refractivity contribution >= 4 is 23.5 Å². The van der Waals surface area contributed by atoms with Gasteiger partial charge in [-0.3, -0.25) is 4.79 Å². The second-order valence-corrected chi connectivity index (χ2v) is 4.05. The summed E-state index contributed by atoms with van der Waals surface area (Å²) in [7, 11) is 0. The maximum absolute atomic E-state index is 13.3. The highest BCUT2D eigenvalue weighted by Gasteiger charge is 2.17. The molecule has 0 unspecified atom stereocenters. The van der Waals surface area contributed by atoms with Gasteiger partial charge in [0, 0.05) is 13.0 Å². The van der Waals surface area contributed by atoms with Crippen LogP contribution in [0.5, 0.6) is 0 Å². The van der Waals surface area contributed by atoms with Crippen LogP contribution in [-0.2, 0) is 4.79 Å². The van der Waals surface area contributed by atoms with Gasteiger partial charge in [0.25, 0.3) is 5.91 Å². The highest BCUT2D eigenvalue weighted by Crippen LogP contribution is 2.19. The molecule has 0 aliphatic carbocycles. The summed E-state index contributed by atoms with van der Waals surface area (Å²) in [6.45, 7) is -0.198. The van der Waals surface area contributed by atoms with Crippen molar-refractivity contribution in [3.63, 3.8) is 0 Å². The Kier molecular flexibility index (Phi) is 5.20. The summed E-state index contributed by atoms with van der Waals surface area (Å²) >= 11 is 5.33. The lowest BCUT2D eigenvalue weighted by Crippen LogP contribution is -2.30. The number of amides is 1. The molecule has 0 aromatic heterocycles. The van der Waals surface area contributed by atoms with Crippen LogP contribution < -0.4 is 5.32 Å². The van der Waals surface area contributed by atoms with E-state index in [2.05, 4.69) is 5.32 Å². The van der Waals surface area contributed by atoms with Crippen molar-refractivity contribution in [3.05, 3.63) is 34.4 Å². The number of benzene rings is 1. The van der Waals surface area contributed by atoms with Crippen molar-refractivity contribution < 1.29 is 28.6 Å². The van der Waals surface area contributed by atoms with Gasteiger partial charge >= 0.3 is 5.97 Å². The normalized spacial score (nSPS) is 12.0. The van der Waals surface area contributed by atoms with Gasteiger partial charge in [-0.1, -0.05) is 11.6 Å². The fraction of sp³-hybridized carbons (Fsp3) is 0.273. The Morgan fingerprint density at radius 3 is 2.53 bits per heavy atom. The van der Waals surface area contributed by atoms with Gasteiger partial charge < -0.3 is 15.5 Å². The van der Waals surface area contributed by atoms with Crippen LogP contribution in [0.2, 0.25) is 5.02 Å². The molecule has 1 atom stereocenters. The molecule has 0 aliphatic rings. The van der Waals surface area contributed by atoms with E-state index in [0.717, 1.165) is 0 Å². The minimum atomic E-state index is -1.63. The van der Waals surface area contributed by atoms with E-state index in [1.807, 2.05) is 0 Å². The zero-order valence-corrected chi connectivity index (χ0v) is 10.2. The van der Waals surface area contributed by atoms with Crippen LogP contribution in [0.1, 0.15) is 16.8 Å². The summed E-state index contributed by atoms with van der Waals surface area (Å²) < 4.78 is 26.4. The molecule has 0 fully saturated rings. The smallest absolute Gasteiger partial charge is 0.332 e. The molecule has 1 aromatic carbocycles. The Hall–Kier alpha value is -1.73. The van der Waals surface area contributed by atoms with E-state index in [4.69, 9.17) is 21.8 Å². The maximum Gasteiger partial charge on any atom is 0.332 e. The molecule has 104 valence electrons. The molecular weight excluding hydrogens is 284 g/mol. The fourth-order valence-electron chi connectivity index (χ4n) is 1.24. The van der Waals surface area contributed by atoms with Crippen LogP contribution in [0, 0.1) is 11.6 Å². The number of halogens is 3. The number of carboxylic acids is 1. The minimum Gasteiger partial charge on any atom is -0.479 e. The lowest BCUT2D eigenvalue weighted by molar-refractivity contribution is -0.146. The molecule has 0 saturated heterocycles. The number of hydrogen-bond donors (Lipinski definition) is 3. The van der Waals surface area contributed by atoms with Crippen molar-refractivity contribution in [2.24, 2.45) is 0 Å². The number of carboxylic acid groups (broad SMARTS) is 1. The number of rotatable bonds is 5. The van der Waals surface area contributed by atoms with Crippen LogP contribution in [0.25, 0.3) is 0 Å². The predicted octanol–water partition coefficient (Wildman–Crippen LogP) is 1.18. The molecule has 1 aromatic rings. The molecule has 0 saturated carbocycles. The van der Waals surface area contributed by atoms with Crippen LogP contribution in [0.15, 0.2) is 12.1 Å². The van der Waals surface area contributed by atoms with E-state index in [0.29, 0.717) is 12.1 Å². The van der Waals surface area contributed by atoms with Crippen LogP contribution in [-0.4, -0.2) is 34.7 Å². The summed E-state index contributed by atoms with van der Waals surface area (Å²) in [5, 5.41) is 19.0. The summed E-state index contributed by atoms with van der Waals surface area (Å²) in [5.74, 6) is -4.30. The molecule has 0 spiro atoms. The maximum atomic E-state index is 13.3. The quantitative estimate of drug-likeness (QED) is 0.712. The number of aliphatic carboxylic acids is 1. The molecule has 1 amide bonds. The molecule has 0 heterocycles. The number of hydrogen-bond acceptors (Lipinski definition) is 3. The highest BCUT2D eigenvalue weighted by molar-refractivity contribution is 6.30. The van der Waals surface area contributed by atoms with Crippen molar-refractivity contribution in [3.8, 4) is 0 Å². The summed E-state index contributed by atoms with van der Waals surface area (Å²) in [4.78, 5) is 21.8. The van der Waals surface area contributed by atoms with Crippen molar-refractivity contribution in [2.75, 3.05) is 6.54 Å². The first-order valence-corrected chi connectivity index (χ1v) is 5.54. The zero-order valence-electron chi connectivity index (χ0n) is 9.49. The monoisotopic (exact) mass is 293 g/mol. The topological polar surface area (TPSA) is 86.6 Å². The van der Waals surface area contributed by atoms with Crippen LogP contribution in [0.3, 0.4) is 0 Å². The van der Waals surface area contributed by atoms with E-state index in [-0.39, 0.29) is 13.0 Å². The molecular formula is C11H10ClF2NO4. The van der Waals surface area contributed by atoms with Gasteiger partial charge in [-0.15, -0.1) is 0 Å². The van der Waals surface area contributed by atoms with E-state index >= 15 is 0 Å². The number of carbonyl (C=O) groups is 2. The Labute approximate surface area is 111 Å². The first-order valence-electron chi connectivity index (χ1n) is 5.16. The second-order valence-electron chi connectivity index (χ2n) is 3.64. The third kappa shape index (κ3) is 4.15.